The Bertz CT molecular complexity index is 531. The summed E-state index contributed by atoms with van der Waals surface area (Å²) in [6, 6.07) is 8.01. The van der Waals surface area contributed by atoms with Crippen LogP contribution in [0.2, 0.25) is 5.02 Å². The molecule has 18 heavy (non-hydrogen) atoms. The van der Waals surface area contributed by atoms with Crippen LogP contribution in [0.5, 0.6) is 5.88 Å². The first-order valence-electron chi connectivity index (χ1n) is 5.37. The summed E-state index contributed by atoms with van der Waals surface area (Å²) >= 11 is 5.80. The van der Waals surface area contributed by atoms with Crippen molar-refractivity contribution in [2.24, 2.45) is 0 Å². The molecule has 0 unspecified atom stereocenters. The fourth-order valence-corrected chi connectivity index (χ4v) is 1.64. The van der Waals surface area contributed by atoms with Gasteiger partial charge in [0.1, 0.15) is 5.82 Å². The van der Waals surface area contributed by atoms with Crippen LogP contribution in [-0.2, 0) is 6.54 Å². The number of halogens is 2. The summed E-state index contributed by atoms with van der Waals surface area (Å²) in [5.74, 6) is 0.216. The van der Waals surface area contributed by atoms with Gasteiger partial charge in [0.05, 0.1) is 12.8 Å². The van der Waals surface area contributed by atoms with Crippen molar-refractivity contribution in [1.82, 2.24) is 4.98 Å². The Balaban J connectivity index is 2.04. The molecule has 0 aliphatic carbocycles. The van der Waals surface area contributed by atoms with Gasteiger partial charge in [-0.2, -0.15) is 0 Å². The number of hydrogen-bond acceptors (Lipinski definition) is 3. The summed E-state index contributed by atoms with van der Waals surface area (Å²) in [6.07, 6.45) is 1.67. The third-order valence-corrected chi connectivity index (χ3v) is 2.65. The topological polar surface area (TPSA) is 34.1 Å². The van der Waals surface area contributed by atoms with E-state index in [4.69, 9.17) is 16.3 Å². The number of pyridine rings is 1. The van der Waals surface area contributed by atoms with E-state index >= 15 is 0 Å². The number of aromatic nitrogens is 1. The molecule has 2 rings (SSSR count). The van der Waals surface area contributed by atoms with Crippen molar-refractivity contribution in [3.8, 4) is 5.88 Å². The van der Waals surface area contributed by atoms with E-state index in [-0.39, 0.29) is 5.82 Å². The van der Waals surface area contributed by atoms with Crippen molar-refractivity contribution < 1.29 is 9.13 Å². The van der Waals surface area contributed by atoms with Gasteiger partial charge in [-0.05, 0) is 23.8 Å². The highest BCUT2D eigenvalue weighted by Crippen LogP contribution is 2.20. The molecule has 1 aromatic carbocycles. The molecule has 1 N–H and O–H groups in total. The normalized spacial score (nSPS) is 10.2. The third-order valence-electron chi connectivity index (χ3n) is 2.42. The highest BCUT2D eigenvalue weighted by Gasteiger charge is 2.03. The first-order valence-corrected chi connectivity index (χ1v) is 5.74. The molecule has 3 nitrogen and oxygen atoms in total. The van der Waals surface area contributed by atoms with Gasteiger partial charge >= 0.3 is 0 Å². The monoisotopic (exact) mass is 266 g/mol. The van der Waals surface area contributed by atoms with Gasteiger partial charge < -0.3 is 10.1 Å². The van der Waals surface area contributed by atoms with Crippen molar-refractivity contribution in [3.63, 3.8) is 0 Å². The maximum Gasteiger partial charge on any atom is 0.212 e. The van der Waals surface area contributed by atoms with E-state index in [0.29, 0.717) is 23.1 Å². The largest absolute Gasteiger partial charge is 0.481 e. The minimum absolute atomic E-state index is 0.333. The van der Waals surface area contributed by atoms with Crippen LogP contribution in [0.1, 0.15) is 5.56 Å². The summed E-state index contributed by atoms with van der Waals surface area (Å²) in [7, 11) is 1.56. The Labute approximate surface area is 110 Å². The molecule has 0 amide bonds. The van der Waals surface area contributed by atoms with Gasteiger partial charge in [0, 0.05) is 23.8 Å². The van der Waals surface area contributed by atoms with Gasteiger partial charge in [-0.3, -0.25) is 0 Å². The molecule has 0 atom stereocenters. The number of nitrogens with zero attached hydrogens (tertiary/aromatic N) is 1. The number of benzene rings is 1. The summed E-state index contributed by atoms with van der Waals surface area (Å²) < 4.78 is 18.4. The number of methoxy groups -OCH3 is 1. The lowest BCUT2D eigenvalue weighted by molar-refractivity contribution is 0.397. The number of rotatable bonds is 4. The van der Waals surface area contributed by atoms with Crippen LogP contribution in [0.3, 0.4) is 0 Å². The van der Waals surface area contributed by atoms with Crippen molar-refractivity contribution in [3.05, 3.63) is 52.9 Å². The maximum atomic E-state index is 13.4. The predicted molar refractivity (Wildman–Crippen MR) is 69.5 cm³/mol. The van der Waals surface area contributed by atoms with Crippen LogP contribution in [0.15, 0.2) is 36.5 Å². The highest BCUT2D eigenvalue weighted by molar-refractivity contribution is 6.30. The fourth-order valence-electron chi connectivity index (χ4n) is 1.47. The molecular formula is C13H12ClFN2O. The lowest BCUT2D eigenvalue weighted by atomic mass is 10.2. The number of hydrogen-bond donors (Lipinski definition) is 1. The minimum Gasteiger partial charge on any atom is -0.481 e. The first kappa shape index (κ1) is 12.6. The van der Waals surface area contributed by atoms with Crippen LogP contribution in [0, 0.1) is 5.82 Å². The number of nitrogens with one attached hydrogen (secondary N) is 1. The average molecular weight is 267 g/mol. The summed E-state index contributed by atoms with van der Waals surface area (Å²) in [5.41, 5.74) is 1.30. The van der Waals surface area contributed by atoms with Crippen LogP contribution in [-0.4, -0.2) is 12.1 Å². The Morgan fingerprint density at radius 1 is 1.33 bits per heavy atom. The highest BCUT2D eigenvalue weighted by atomic mass is 35.5. The van der Waals surface area contributed by atoms with Gasteiger partial charge in [0.2, 0.25) is 5.88 Å². The van der Waals surface area contributed by atoms with Crippen molar-refractivity contribution in [2.45, 2.75) is 6.54 Å². The molecule has 0 fully saturated rings. The van der Waals surface area contributed by atoms with Gasteiger partial charge in [0.15, 0.2) is 0 Å². The van der Waals surface area contributed by atoms with Crippen molar-refractivity contribution in [1.29, 1.82) is 0 Å². The van der Waals surface area contributed by atoms with E-state index < -0.39 is 0 Å². The number of ether oxygens (including phenoxy) is 1. The van der Waals surface area contributed by atoms with Gasteiger partial charge in [0.25, 0.3) is 0 Å². The Hall–Kier alpha value is -1.81. The van der Waals surface area contributed by atoms with Gasteiger partial charge in [-0.1, -0.05) is 17.7 Å². The van der Waals surface area contributed by atoms with Crippen LogP contribution in [0.4, 0.5) is 10.1 Å². The van der Waals surface area contributed by atoms with Crippen LogP contribution < -0.4 is 10.1 Å². The predicted octanol–water partition coefficient (Wildman–Crippen LogP) is 3.49. The lowest BCUT2D eigenvalue weighted by Crippen LogP contribution is -2.02. The SMILES string of the molecule is COc1ccc(CNc2cc(Cl)ccc2F)cn1. The summed E-state index contributed by atoms with van der Waals surface area (Å²) in [6.45, 7) is 0.467. The molecule has 0 saturated heterocycles. The van der Waals surface area contributed by atoms with Gasteiger partial charge in [-0.15, -0.1) is 0 Å². The van der Waals surface area contributed by atoms with Crippen molar-refractivity contribution >= 4 is 17.3 Å². The molecule has 0 aliphatic heterocycles. The van der Waals surface area contributed by atoms with Crippen LogP contribution in [0.25, 0.3) is 0 Å². The molecular weight excluding hydrogens is 255 g/mol. The van der Waals surface area contributed by atoms with E-state index in [9.17, 15) is 4.39 Å². The zero-order valence-corrected chi connectivity index (χ0v) is 10.5. The fraction of sp³-hybridized carbons (Fsp3) is 0.154. The molecule has 1 aromatic heterocycles. The molecule has 0 bridgehead atoms. The Kier molecular flexibility index (Phi) is 3.99. The molecule has 94 valence electrons. The van der Waals surface area contributed by atoms with Gasteiger partial charge in [-0.25, -0.2) is 9.37 Å². The zero-order chi connectivity index (χ0) is 13.0. The summed E-state index contributed by atoms with van der Waals surface area (Å²) in [4.78, 5) is 4.07. The quantitative estimate of drug-likeness (QED) is 0.920. The average Bonchev–Trinajstić information content (AvgIpc) is 2.40. The zero-order valence-electron chi connectivity index (χ0n) is 9.78. The second kappa shape index (κ2) is 5.69. The molecule has 0 radical (unpaired) electrons. The second-order valence-electron chi connectivity index (χ2n) is 3.69. The van der Waals surface area contributed by atoms with Crippen molar-refractivity contribution in [2.75, 3.05) is 12.4 Å². The molecule has 5 heteroatoms. The molecule has 0 saturated carbocycles. The van der Waals surface area contributed by atoms with Crippen LogP contribution >= 0.6 is 11.6 Å². The molecule has 0 spiro atoms. The second-order valence-corrected chi connectivity index (χ2v) is 4.12. The first-order chi connectivity index (χ1) is 8.69. The lowest BCUT2D eigenvalue weighted by Gasteiger charge is -2.08. The maximum absolute atomic E-state index is 13.4. The third kappa shape index (κ3) is 3.11. The smallest absolute Gasteiger partial charge is 0.212 e. The molecule has 2 aromatic rings. The van der Waals surface area contributed by atoms with E-state index in [0.717, 1.165) is 5.56 Å². The van der Waals surface area contributed by atoms with E-state index in [2.05, 4.69) is 10.3 Å². The Morgan fingerprint density at radius 3 is 2.83 bits per heavy atom. The van der Waals surface area contributed by atoms with E-state index in [1.165, 1.54) is 12.1 Å². The molecule has 0 aliphatic rings. The number of anilines is 1. The minimum atomic E-state index is -0.333. The van der Waals surface area contributed by atoms with E-state index in [1.54, 1.807) is 25.4 Å². The standard InChI is InChI=1S/C13H12ClFN2O/c1-18-13-5-2-9(8-17-13)7-16-12-6-10(14)3-4-11(12)15/h2-6,8,16H,7H2,1H3. The summed E-state index contributed by atoms with van der Waals surface area (Å²) in [5, 5.41) is 3.46. The Morgan fingerprint density at radius 2 is 2.17 bits per heavy atom. The molecule has 1 heterocycles. The van der Waals surface area contributed by atoms with E-state index in [1.807, 2.05) is 6.07 Å².